The zero-order chi connectivity index (χ0) is 13.9. The van der Waals surface area contributed by atoms with E-state index >= 15 is 0 Å². The van der Waals surface area contributed by atoms with Gasteiger partial charge in [0.1, 0.15) is 6.04 Å². The molecule has 0 saturated heterocycles. The van der Waals surface area contributed by atoms with Crippen LogP contribution in [-0.4, -0.2) is 22.1 Å². The molecule has 0 fully saturated rings. The lowest BCUT2D eigenvalue weighted by Gasteiger charge is -2.05. The highest BCUT2D eigenvalue weighted by Crippen LogP contribution is 2.03. The Hall–Kier alpha value is -2.20. The van der Waals surface area contributed by atoms with Crippen LogP contribution in [0.25, 0.3) is 0 Å². The molecule has 1 unspecified atom stereocenters. The second-order valence-corrected chi connectivity index (χ2v) is 3.99. The first-order valence-corrected chi connectivity index (χ1v) is 6.07. The van der Waals surface area contributed by atoms with Gasteiger partial charge in [-0.3, -0.25) is 9.78 Å². The minimum absolute atomic E-state index is 0.485. The van der Waals surface area contributed by atoms with E-state index in [0.717, 1.165) is 5.56 Å². The lowest BCUT2D eigenvalue weighted by atomic mass is 10.1. The summed E-state index contributed by atoms with van der Waals surface area (Å²) in [4.78, 5) is 14.2. The number of carboxylic acids is 1. The van der Waals surface area contributed by atoms with Crippen LogP contribution in [0.2, 0.25) is 0 Å². The lowest BCUT2D eigenvalue weighted by molar-refractivity contribution is -0.138. The maximum absolute atomic E-state index is 10.4. The summed E-state index contributed by atoms with van der Waals surface area (Å²) in [5, 5.41) is 8.54. The number of pyridine rings is 1. The molecule has 1 aromatic carbocycles. The highest BCUT2D eigenvalue weighted by molar-refractivity contribution is 5.73. The first-order chi connectivity index (χ1) is 9.20. The van der Waals surface area contributed by atoms with Gasteiger partial charge < -0.3 is 10.8 Å². The molecule has 0 spiro atoms. The van der Waals surface area contributed by atoms with Crippen molar-refractivity contribution in [2.75, 3.05) is 0 Å². The summed E-state index contributed by atoms with van der Waals surface area (Å²) in [6, 6.07) is 14.7. The number of carbonyl (C=O) groups is 1. The molecule has 0 aliphatic heterocycles. The molecule has 2 rings (SSSR count). The van der Waals surface area contributed by atoms with Crippen molar-refractivity contribution >= 4 is 5.97 Å². The number of nitrogens with two attached hydrogens (primary N) is 1. The van der Waals surface area contributed by atoms with Crippen molar-refractivity contribution < 1.29 is 9.90 Å². The normalized spacial score (nSPS) is 11.0. The Morgan fingerprint density at radius 1 is 1.11 bits per heavy atom. The molecule has 0 amide bonds. The molecule has 0 saturated carbocycles. The highest BCUT2D eigenvalue weighted by Gasteiger charge is 2.10. The minimum atomic E-state index is -0.934. The summed E-state index contributed by atoms with van der Waals surface area (Å²) in [6.07, 6.45) is 4.70. The van der Waals surface area contributed by atoms with Gasteiger partial charge in [-0.15, -0.1) is 0 Å². The van der Waals surface area contributed by atoms with Crippen molar-refractivity contribution in [2.45, 2.75) is 18.9 Å². The minimum Gasteiger partial charge on any atom is -0.480 e. The number of carboxylic acid groups (broad SMARTS) is 1. The predicted octanol–water partition coefficient (Wildman–Crippen LogP) is 2.11. The van der Waals surface area contributed by atoms with Gasteiger partial charge >= 0.3 is 5.97 Å². The zero-order valence-corrected chi connectivity index (χ0v) is 10.6. The van der Waals surface area contributed by atoms with Crippen LogP contribution in [0.1, 0.15) is 12.0 Å². The van der Waals surface area contributed by atoms with Gasteiger partial charge in [0.15, 0.2) is 0 Å². The van der Waals surface area contributed by atoms with Crippen LogP contribution >= 0.6 is 0 Å². The molecule has 1 heterocycles. The van der Waals surface area contributed by atoms with Crippen molar-refractivity contribution in [3.8, 4) is 0 Å². The van der Waals surface area contributed by atoms with Crippen molar-refractivity contribution in [1.82, 2.24) is 4.98 Å². The number of nitrogens with zero attached hydrogens (tertiary/aromatic N) is 1. The van der Waals surface area contributed by atoms with Crippen LogP contribution in [0.3, 0.4) is 0 Å². The van der Waals surface area contributed by atoms with E-state index in [1.807, 2.05) is 48.5 Å². The Morgan fingerprint density at radius 3 is 2.11 bits per heavy atom. The van der Waals surface area contributed by atoms with E-state index < -0.39 is 12.0 Å². The molecule has 100 valence electrons. The Balaban J connectivity index is 0.000000250. The maximum atomic E-state index is 10.4. The lowest BCUT2D eigenvalue weighted by Crippen LogP contribution is -2.30. The number of rotatable bonds is 4. The molecular formula is C15H18N2O2. The smallest absolute Gasteiger partial charge is 0.320 e. The third kappa shape index (κ3) is 6.95. The Labute approximate surface area is 112 Å². The molecule has 0 aliphatic rings. The molecule has 19 heavy (non-hydrogen) atoms. The van der Waals surface area contributed by atoms with E-state index in [9.17, 15) is 4.79 Å². The van der Waals surface area contributed by atoms with Crippen LogP contribution < -0.4 is 5.73 Å². The number of aromatic nitrogens is 1. The molecule has 4 heteroatoms. The summed E-state index contributed by atoms with van der Waals surface area (Å²) in [6.45, 7) is 0. The largest absolute Gasteiger partial charge is 0.480 e. The van der Waals surface area contributed by atoms with Crippen LogP contribution in [0.15, 0.2) is 60.9 Å². The molecule has 0 aliphatic carbocycles. The van der Waals surface area contributed by atoms with Gasteiger partial charge in [-0.25, -0.2) is 0 Å². The van der Waals surface area contributed by atoms with Crippen LogP contribution in [0.4, 0.5) is 0 Å². The summed E-state index contributed by atoms with van der Waals surface area (Å²) >= 11 is 0. The SMILES string of the molecule is NC(CCc1ccccc1)C(=O)O.c1ccncc1. The summed E-state index contributed by atoms with van der Waals surface area (Å²) in [5.41, 5.74) is 6.49. The molecule has 2 aromatic rings. The van der Waals surface area contributed by atoms with Gasteiger partial charge in [-0.05, 0) is 30.5 Å². The van der Waals surface area contributed by atoms with Gasteiger partial charge in [0, 0.05) is 12.4 Å². The van der Waals surface area contributed by atoms with Crippen LogP contribution in [0.5, 0.6) is 0 Å². The van der Waals surface area contributed by atoms with E-state index in [1.165, 1.54) is 0 Å². The fourth-order valence-electron chi connectivity index (χ4n) is 1.40. The molecule has 1 aromatic heterocycles. The van der Waals surface area contributed by atoms with E-state index in [0.29, 0.717) is 12.8 Å². The van der Waals surface area contributed by atoms with E-state index in [4.69, 9.17) is 10.8 Å². The topological polar surface area (TPSA) is 76.2 Å². The second-order valence-electron chi connectivity index (χ2n) is 3.99. The zero-order valence-electron chi connectivity index (χ0n) is 10.6. The quantitative estimate of drug-likeness (QED) is 0.880. The van der Waals surface area contributed by atoms with Gasteiger partial charge in [-0.1, -0.05) is 36.4 Å². The number of aliphatic carboxylic acids is 1. The number of aryl methyl sites for hydroxylation is 1. The molecular weight excluding hydrogens is 240 g/mol. The van der Waals surface area contributed by atoms with E-state index in [1.54, 1.807) is 12.4 Å². The van der Waals surface area contributed by atoms with Crippen LogP contribution in [-0.2, 0) is 11.2 Å². The number of benzene rings is 1. The Kier molecular flexibility index (Phi) is 6.90. The fraction of sp³-hybridized carbons (Fsp3) is 0.200. The van der Waals surface area contributed by atoms with Crippen molar-refractivity contribution in [1.29, 1.82) is 0 Å². The first-order valence-electron chi connectivity index (χ1n) is 6.07. The highest BCUT2D eigenvalue weighted by atomic mass is 16.4. The van der Waals surface area contributed by atoms with Crippen molar-refractivity contribution in [2.24, 2.45) is 5.73 Å². The van der Waals surface area contributed by atoms with E-state index in [2.05, 4.69) is 4.98 Å². The maximum Gasteiger partial charge on any atom is 0.320 e. The number of hydrogen-bond acceptors (Lipinski definition) is 3. The fourth-order valence-corrected chi connectivity index (χ4v) is 1.40. The Morgan fingerprint density at radius 2 is 1.68 bits per heavy atom. The molecule has 0 bridgehead atoms. The molecule has 4 nitrogen and oxygen atoms in total. The third-order valence-electron chi connectivity index (χ3n) is 2.47. The monoisotopic (exact) mass is 258 g/mol. The van der Waals surface area contributed by atoms with Crippen molar-refractivity contribution in [3.05, 3.63) is 66.5 Å². The summed E-state index contributed by atoms with van der Waals surface area (Å²) in [5.74, 6) is -0.934. The van der Waals surface area contributed by atoms with Gasteiger partial charge in [-0.2, -0.15) is 0 Å². The molecule has 3 N–H and O–H groups in total. The Bertz CT molecular complexity index is 433. The second kappa shape index (κ2) is 8.83. The third-order valence-corrected chi connectivity index (χ3v) is 2.47. The number of hydrogen-bond donors (Lipinski definition) is 2. The van der Waals surface area contributed by atoms with Gasteiger partial charge in [0.2, 0.25) is 0 Å². The predicted molar refractivity (Wildman–Crippen MR) is 74.6 cm³/mol. The van der Waals surface area contributed by atoms with Gasteiger partial charge in [0.25, 0.3) is 0 Å². The average molecular weight is 258 g/mol. The standard InChI is InChI=1S/C10H13NO2.C5H5N/c11-9(10(12)13)7-6-8-4-2-1-3-5-8;1-2-4-6-5-3-1/h1-5,9H,6-7,11H2,(H,12,13);1-5H. The van der Waals surface area contributed by atoms with Crippen molar-refractivity contribution in [3.63, 3.8) is 0 Å². The first kappa shape index (κ1) is 14.9. The van der Waals surface area contributed by atoms with Crippen LogP contribution in [0, 0.1) is 0 Å². The van der Waals surface area contributed by atoms with Gasteiger partial charge in [0.05, 0.1) is 0 Å². The van der Waals surface area contributed by atoms with E-state index in [-0.39, 0.29) is 0 Å². The average Bonchev–Trinajstić information content (AvgIpc) is 2.48. The summed E-state index contributed by atoms with van der Waals surface area (Å²) in [7, 11) is 0. The molecule has 0 radical (unpaired) electrons. The summed E-state index contributed by atoms with van der Waals surface area (Å²) < 4.78 is 0. The molecule has 1 atom stereocenters.